The van der Waals surface area contributed by atoms with Gasteiger partial charge in [0.2, 0.25) is 0 Å². The summed E-state index contributed by atoms with van der Waals surface area (Å²) in [5, 5.41) is 3.44. The van der Waals surface area contributed by atoms with E-state index < -0.39 is 0 Å². The third kappa shape index (κ3) is 8.29. The van der Waals surface area contributed by atoms with Crippen molar-refractivity contribution in [2.45, 2.75) is 114 Å². The third-order valence-electron chi connectivity index (χ3n) is 14.8. The molecule has 0 saturated carbocycles. The normalized spacial score (nSPS) is 15.1. The molecule has 4 heteroatoms. The molecule has 0 N–H and O–H groups in total. The van der Waals surface area contributed by atoms with E-state index in [1.807, 2.05) is 0 Å². The molecule has 72 heavy (non-hydrogen) atoms. The Balaban J connectivity index is 1.09. The van der Waals surface area contributed by atoms with Crippen molar-refractivity contribution in [1.82, 2.24) is 0 Å². The second-order valence-corrected chi connectivity index (χ2v) is 23.0. The standard InChI is InChI=1S/C68H68N2O2/c1-13-18-52-53-21-14-20-49(40-67(7,8)9)64(53)71-63(52)45(6)69(50-35-41(2)33-42(3)36-50)60-25-15-19-47-27-28-48-39-57-46(29-31-56(60)62(47)57)30-32-59(48)70(51-37-43(4)34-44(5)38-51)61-26-17-23-55-54-22-16-24-58(68(10,11)12)65(54)72-66(55)61/h13-14,16-38,45H,15,39-40H2,1-12H3/b18-13-. The lowest BCUT2D eigenvalue weighted by atomic mass is 9.86. The predicted octanol–water partition coefficient (Wildman–Crippen LogP) is 19.1. The number of fused-ring (bicyclic) bond motifs is 5. The van der Waals surface area contributed by atoms with Gasteiger partial charge < -0.3 is 18.6 Å². The quantitative estimate of drug-likeness (QED) is 0.144. The Kier molecular flexibility index (Phi) is 11.6. The Morgan fingerprint density at radius 2 is 1.32 bits per heavy atom. The fraction of sp³-hybridized carbons (Fsp3) is 0.265. The molecule has 0 radical (unpaired) electrons. The Morgan fingerprint density at radius 3 is 2.01 bits per heavy atom. The molecule has 1 unspecified atom stereocenters. The second-order valence-electron chi connectivity index (χ2n) is 23.0. The lowest BCUT2D eigenvalue weighted by Crippen LogP contribution is -2.26. The van der Waals surface area contributed by atoms with Crippen LogP contribution in [0.25, 0.3) is 56.3 Å². The fourth-order valence-corrected chi connectivity index (χ4v) is 12.0. The maximum Gasteiger partial charge on any atom is 0.159 e. The van der Waals surface area contributed by atoms with Gasteiger partial charge in [0, 0.05) is 62.0 Å². The highest BCUT2D eigenvalue weighted by atomic mass is 16.3. The molecule has 0 spiro atoms. The zero-order valence-corrected chi connectivity index (χ0v) is 44.3. The van der Waals surface area contributed by atoms with Crippen LogP contribution in [0, 0.1) is 33.1 Å². The van der Waals surface area contributed by atoms with E-state index >= 15 is 0 Å². The molecule has 4 nitrogen and oxygen atoms in total. The largest absolute Gasteiger partial charge is 0.458 e. The Bertz CT molecular complexity index is 3670. The van der Waals surface area contributed by atoms with E-state index in [1.54, 1.807) is 0 Å². The van der Waals surface area contributed by atoms with Crippen molar-refractivity contribution in [2.24, 2.45) is 5.41 Å². The van der Waals surface area contributed by atoms with Gasteiger partial charge in [0.25, 0.3) is 0 Å². The van der Waals surface area contributed by atoms with Crippen LogP contribution in [0.15, 0.2) is 160 Å². The van der Waals surface area contributed by atoms with Crippen LogP contribution in [-0.4, -0.2) is 0 Å². The zero-order chi connectivity index (χ0) is 50.4. The summed E-state index contributed by atoms with van der Waals surface area (Å²) in [6.45, 7) is 27.0. The highest BCUT2D eigenvalue weighted by Crippen LogP contribution is 2.49. The third-order valence-corrected chi connectivity index (χ3v) is 14.8. The molecule has 0 fully saturated rings. The molecule has 3 aliphatic carbocycles. The second kappa shape index (κ2) is 17.8. The molecular formula is C68H68N2O2. The van der Waals surface area contributed by atoms with Crippen LogP contribution in [0.5, 0.6) is 0 Å². The molecule has 2 heterocycles. The number of anilines is 3. The number of para-hydroxylation sites is 3. The van der Waals surface area contributed by atoms with Crippen molar-refractivity contribution in [3.63, 3.8) is 0 Å². The van der Waals surface area contributed by atoms with Gasteiger partial charge in [0.1, 0.15) is 16.9 Å². The van der Waals surface area contributed by atoms with Crippen LogP contribution in [0.1, 0.15) is 135 Å². The molecule has 3 aliphatic rings. The number of aryl methyl sites for hydroxylation is 4. The molecule has 11 rings (SSSR count). The van der Waals surface area contributed by atoms with Crippen molar-refractivity contribution >= 4 is 73.4 Å². The van der Waals surface area contributed by atoms with Crippen LogP contribution >= 0.6 is 0 Å². The average molecular weight is 945 g/mol. The highest BCUT2D eigenvalue weighted by Gasteiger charge is 2.34. The molecule has 6 aromatic carbocycles. The van der Waals surface area contributed by atoms with Crippen molar-refractivity contribution in [3.05, 3.63) is 218 Å². The molecule has 0 amide bonds. The summed E-state index contributed by atoms with van der Waals surface area (Å²) in [4.78, 5) is 5.02. The summed E-state index contributed by atoms with van der Waals surface area (Å²) in [6, 6.07) is 38.4. The lowest BCUT2D eigenvalue weighted by molar-refractivity contribution is 0.408. The molecule has 362 valence electrons. The van der Waals surface area contributed by atoms with E-state index in [2.05, 4.69) is 245 Å². The summed E-state index contributed by atoms with van der Waals surface area (Å²) in [6.07, 6.45) is 21.2. The van der Waals surface area contributed by atoms with Crippen LogP contribution in [0.4, 0.5) is 17.1 Å². The molecular weight excluding hydrogens is 877 g/mol. The van der Waals surface area contributed by atoms with Crippen LogP contribution in [-0.2, 0) is 18.3 Å². The first-order valence-corrected chi connectivity index (χ1v) is 26.0. The molecule has 2 bridgehead atoms. The van der Waals surface area contributed by atoms with Gasteiger partial charge in [0.15, 0.2) is 5.58 Å². The number of allylic oxidation sites excluding steroid dienone is 8. The van der Waals surface area contributed by atoms with Gasteiger partial charge in [-0.15, -0.1) is 0 Å². The summed E-state index contributed by atoms with van der Waals surface area (Å²) in [7, 11) is 0. The maximum absolute atomic E-state index is 7.23. The predicted molar refractivity (Wildman–Crippen MR) is 307 cm³/mol. The number of hydrogen-bond acceptors (Lipinski definition) is 4. The van der Waals surface area contributed by atoms with E-state index in [9.17, 15) is 0 Å². The minimum Gasteiger partial charge on any atom is -0.458 e. The molecule has 8 aromatic rings. The number of furan rings is 2. The van der Waals surface area contributed by atoms with Gasteiger partial charge in [0.05, 0.1) is 11.7 Å². The Labute approximate surface area is 427 Å². The molecule has 1 atom stereocenters. The van der Waals surface area contributed by atoms with Crippen LogP contribution in [0.2, 0.25) is 0 Å². The molecule has 2 aromatic heterocycles. The van der Waals surface area contributed by atoms with E-state index in [-0.39, 0.29) is 16.9 Å². The monoisotopic (exact) mass is 945 g/mol. The zero-order valence-electron chi connectivity index (χ0n) is 44.3. The van der Waals surface area contributed by atoms with E-state index in [1.165, 1.54) is 77.9 Å². The first kappa shape index (κ1) is 47.0. The summed E-state index contributed by atoms with van der Waals surface area (Å²) in [5.74, 6) is 0.973. The smallest absolute Gasteiger partial charge is 0.159 e. The first-order valence-electron chi connectivity index (χ1n) is 26.0. The van der Waals surface area contributed by atoms with Gasteiger partial charge >= 0.3 is 0 Å². The maximum atomic E-state index is 7.23. The highest BCUT2D eigenvalue weighted by molar-refractivity contribution is 6.11. The fourth-order valence-electron chi connectivity index (χ4n) is 12.0. The van der Waals surface area contributed by atoms with Crippen molar-refractivity contribution in [1.29, 1.82) is 0 Å². The summed E-state index contributed by atoms with van der Waals surface area (Å²) < 4.78 is 14.4. The van der Waals surface area contributed by atoms with Gasteiger partial charge in [-0.05, 0) is 157 Å². The van der Waals surface area contributed by atoms with Gasteiger partial charge in [-0.2, -0.15) is 0 Å². The van der Waals surface area contributed by atoms with Crippen molar-refractivity contribution < 1.29 is 8.83 Å². The van der Waals surface area contributed by atoms with E-state index in [0.717, 1.165) is 80.9 Å². The first-order chi connectivity index (χ1) is 34.4. The lowest BCUT2D eigenvalue weighted by Gasteiger charge is -2.35. The van der Waals surface area contributed by atoms with E-state index in [0.29, 0.717) is 0 Å². The summed E-state index contributed by atoms with van der Waals surface area (Å²) >= 11 is 0. The van der Waals surface area contributed by atoms with Crippen LogP contribution in [0.3, 0.4) is 0 Å². The number of nitrogens with zero attached hydrogens (tertiary/aromatic N) is 2. The number of rotatable bonds is 9. The van der Waals surface area contributed by atoms with E-state index in [4.69, 9.17) is 8.83 Å². The minimum atomic E-state index is -0.152. The van der Waals surface area contributed by atoms with Crippen molar-refractivity contribution in [2.75, 3.05) is 9.80 Å². The van der Waals surface area contributed by atoms with Crippen LogP contribution < -0.4 is 9.80 Å². The number of benzene rings is 6. The topological polar surface area (TPSA) is 32.8 Å². The van der Waals surface area contributed by atoms with Gasteiger partial charge in [-0.1, -0.05) is 157 Å². The average Bonchev–Trinajstić information content (AvgIpc) is 3.66. The SMILES string of the molecule is C/C=C\c1c(C(C)N(C2=CCC=C3C=CC4=C(N(c5cc(C)cc(C)c5)c5cccc6c5oc5c(C(C)(C)C)cccc56)C=Cc5ccc2c3c5C4)c2cc(C)cc(C)c2)oc2c(CC(C)(C)C)cccc12. The molecule has 0 saturated heterocycles. The Hall–Kier alpha value is -7.30. The summed E-state index contributed by atoms with van der Waals surface area (Å²) in [5.41, 5.74) is 24.6. The number of hydrogen-bond donors (Lipinski definition) is 0. The van der Waals surface area contributed by atoms with Crippen molar-refractivity contribution in [3.8, 4) is 0 Å². The van der Waals surface area contributed by atoms with Gasteiger partial charge in [-0.25, -0.2) is 0 Å². The van der Waals surface area contributed by atoms with Gasteiger partial charge in [-0.3, -0.25) is 0 Å². The Morgan fingerprint density at radius 1 is 0.653 bits per heavy atom. The molecule has 0 aliphatic heterocycles. The minimum absolute atomic E-state index is 0.0847.